The summed E-state index contributed by atoms with van der Waals surface area (Å²) in [6.07, 6.45) is 1.68. The molecule has 26 heavy (non-hydrogen) atoms. The first-order chi connectivity index (χ1) is 12.6. The summed E-state index contributed by atoms with van der Waals surface area (Å²) in [5.41, 5.74) is 2.55. The predicted molar refractivity (Wildman–Crippen MR) is 104 cm³/mol. The van der Waals surface area contributed by atoms with E-state index in [1.807, 2.05) is 66.5 Å². The van der Waals surface area contributed by atoms with Gasteiger partial charge in [0.05, 0.1) is 17.2 Å². The maximum absolute atomic E-state index is 13.2. The molecule has 1 N–H and O–H groups in total. The van der Waals surface area contributed by atoms with Gasteiger partial charge in [0.25, 0.3) is 5.91 Å². The van der Waals surface area contributed by atoms with Crippen LogP contribution in [0.3, 0.4) is 0 Å². The van der Waals surface area contributed by atoms with Crippen LogP contribution in [0.1, 0.15) is 23.2 Å². The van der Waals surface area contributed by atoms with Gasteiger partial charge in [0, 0.05) is 32.9 Å². The number of para-hydroxylation sites is 2. The number of benzene rings is 2. The Kier molecular flexibility index (Phi) is 5.56. The number of nitrogens with zero attached hydrogens (tertiary/aromatic N) is 2. The van der Waals surface area contributed by atoms with Crippen LogP contribution in [0.4, 0.5) is 11.4 Å². The molecule has 0 bridgehead atoms. The van der Waals surface area contributed by atoms with Crippen molar-refractivity contribution < 1.29 is 9.59 Å². The molecule has 0 saturated carbocycles. The first-order valence-electron chi connectivity index (χ1n) is 9.00. The van der Waals surface area contributed by atoms with Gasteiger partial charge in [-0.25, -0.2) is 0 Å². The highest BCUT2D eigenvalue weighted by molar-refractivity contribution is 6.01. The topological polar surface area (TPSA) is 52.7 Å². The van der Waals surface area contributed by atoms with Crippen LogP contribution in [0.25, 0.3) is 0 Å². The molecule has 0 radical (unpaired) electrons. The SMILES string of the molecule is CNC(=O)[C@H]1CCCN(C(=O)c2ccccc2N(C)c2ccccc2)C1. The summed E-state index contributed by atoms with van der Waals surface area (Å²) in [5.74, 6) is -0.133. The van der Waals surface area contributed by atoms with Crippen molar-refractivity contribution in [3.8, 4) is 0 Å². The quantitative estimate of drug-likeness (QED) is 0.921. The first-order valence-corrected chi connectivity index (χ1v) is 9.00. The Morgan fingerprint density at radius 1 is 1.08 bits per heavy atom. The van der Waals surface area contributed by atoms with Gasteiger partial charge in [-0.2, -0.15) is 0 Å². The minimum atomic E-state index is -0.128. The van der Waals surface area contributed by atoms with Gasteiger partial charge >= 0.3 is 0 Å². The number of anilines is 2. The molecular formula is C21H25N3O2. The van der Waals surface area contributed by atoms with Crippen molar-refractivity contribution in [1.82, 2.24) is 10.2 Å². The van der Waals surface area contributed by atoms with Crippen LogP contribution in [0.5, 0.6) is 0 Å². The summed E-state index contributed by atoms with van der Waals surface area (Å²) in [7, 11) is 3.61. The average molecular weight is 351 g/mol. The van der Waals surface area contributed by atoms with Crippen LogP contribution in [-0.4, -0.2) is 43.9 Å². The Hall–Kier alpha value is -2.82. The van der Waals surface area contributed by atoms with Crippen LogP contribution in [-0.2, 0) is 4.79 Å². The second kappa shape index (κ2) is 8.04. The summed E-state index contributed by atoms with van der Waals surface area (Å²) >= 11 is 0. The Morgan fingerprint density at radius 3 is 2.50 bits per heavy atom. The third-order valence-corrected chi connectivity index (χ3v) is 4.97. The van der Waals surface area contributed by atoms with E-state index in [9.17, 15) is 9.59 Å². The van der Waals surface area contributed by atoms with Crippen molar-refractivity contribution in [3.63, 3.8) is 0 Å². The van der Waals surface area contributed by atoms with Crippen molar-refractivity contribution in [1.29, 1.82) is 0 Å². The van der Waals surface area contributed by atoms with Crippen LogP contribution in [0.15, 0.2) is 54.6 Å². The number of carbonyl (C=O) groups is 2. The van der Waals surface area contributed by atoms with E-state index in [0.29, 0.717) is 18.7 Å². The lowest BCUT2D eigenvalue weighted by molar-refractivity contribution is -0.125. The van der Waals surface area contributed by atoms with E-state index in [2.05, 4.69) is 5.32 Å². The molecule has 136 valence electrons. The Bertz CT molecular complexity index is 776. The van der Waals surface area contributed by atoms with Gasteiger partial charge in [-0.15, -0.1) is 0 Å². The third kappa shape index (κ3) is 3.72. The second-order valence-corrected chi connectivity index (χ2v) is 6.62. The highest BCUT2D eigenvalue weighted by Gasteiger charge is 2.29. The van der Waals surface area contributed by atoms with E-state index >= 15 is 0 Å². The molecule has 2 aromatic rings. The van der Waals surface area contributed by atoms with Gasteiger partial charge in [-0.05, 0) is 37.1 Å². The van der Waals surface area contributed by atoms with Crippen LogP contribution >= 0.6 is 0 Å². The Labute approximate surface area is 154 Å². The number of piperidine rings is 1. The van der Waals surface area contributed by atoms with Crippen molar-refractivity contribution in [2.75, 3.05) is 32.1 Å². The van der Waals surface area contributed by atoms with Crippen molar-refractivity contribution >= 4 is 23.2 Å². The van der Waals surface area contributed by atoms with Crippen molar-refractivity contribution in [2.24, 2.45) is 5.92 Å². The maximum atomic E-state index is 13.2. The molecule has 3 rings (SSSR count). The summed E-state index contributed by atoms with van der Waals surface area (Å²) in [6.45, 7) is 1.16. The number of amides is 2. The smallest absolute Gasteiger partial charge is 0.255 e. The monoisotopic (exact) mass is 351 g/mol. The van der Waals surface area contributed by atoms with Crippen LogP contribution in [0.2, 0.25) is 0 Å². The third-order valence-electron chi connectivity index (χ3n) is 4.97. The van der Waals surface area contributed by atoms with Gasteiger partial charge in [-0.1, -0.05) is 30.3 Å². The second-order valence-electron chi connectivity index (χ2n) is 6.62. The molecule has 2 aromatic carbocycles. The minimum Gasteiger partial charge on any atom is -0.359 e. The fourth-order valence-electron chi connectivity index (χ4n) is 3.49. The van der Waals surface area contributed by atoms with E-state index < -0.39 is 0 Å². The van der Waals surface area contributed by atoms with Crippen LogP contribution in [0, 0.1) is 5.92 Å². The molecule has 1 atom stereocenters. The van der Waals surface area contributed by atoms with E-state index in [1.165, 1.54) is 0 Å². The molecule has 1 heterocycles. The maximum Gasteiger partial charge on any atom is 0.255 e. The predicted octanol–water partition coefficient (Wildman–Crippen LogP) is 3.05. The molecular weight excluding hydrogens is 326 g/mol. The van der Waals surface area contributed by atoms with E-state index in [-0.39, 0.29) is 17.7 Å². The van der Waals surface area contributed by atoms with E-state index in [4.69, 9.17) is 0 Å². The number of carbonyl (C=O) groups excluding carboxylic acids is 2. The lowest BCUT2D eigenvalue weighted by Crippen LogP contribution is -2.45. The van der Waals surface area contributed by atoms with Crippen molar-refractivity contribution in [3.05, 3.63) is 60.2 Å². The molecule has 1 saturated heterocycles. The van der Waals surface area contributed by atoms with Gasteiger partial charge in [0.2, 0.25) is 5.91 Å². The van der Waals surface area contributed by atoms with Gasteiger partial charge < -0.3 is 15.1 Å². The van der Waals surface area contributed by atoms with E-state index in [1.54, 1.807) is 11.9 Å². The molecule has 0 spiro atoms. The highest BCUT2D eigenvalue weighted by atomic mass is 16.2. The first kappa shape index (κ1) is 18.0. The zero-order chi connectivity index (χ0) is 18.5. The average Bonchev–Trinajstić information content (AvgIpc) is 2.72. The lowest BCUT2D eigenvalue weighted by Gasteiger charge is -2.33. The standard InChI is InChI=1S/C21H25N3O2/c1-22-20(25)16-9-8-14-24(15-16)21(26)18-12-6-7-13-19(18)23(2)17-10-4-3-5-11-17/h3-7,10-13,16H,8-9,14-15H2,1-2H3,(H,22,25)/t16-/m0/s1. The zero-order valence-corrected chi connectivity index (χ0v) is 15.3. The molecule has 0 unspecified atom stereocenters. The minimum absolute atomic E-state index is 0.0113. The summed E-state index contributed by atoms with van der Waals surface area (Å²) in [6, 6.07) is 17.6. The molecule has 2 amide bonds. The normalized spacial score (nSPS) is 16.8. The fraction of sp³-hybridized carbons (Fsp3) is 0.333. The number of nitrogens with one attached hydrogen (secondary N) is 1. The van der Waals surface area contributed by atoms with Gasteiger partial charge in [0.15, 0.2) is 0 Å². The molecule has 1 fully saturated rings. The molecule has 0 aromatic heterocycles. The van der Waals surface area contributed by atoms with Crippen molar-refractivity contribution in [2.45, 2.75) is 12.8 Å². The number of hydrogen-bond acceptors (Lipinski definition) is 3. The lowest BCUT2D eigenvalue weighted by atomic mass is 9.96. The highest BCUT2D eigenvalue weighted by Crippen LogP contribution is 2.29. The molecule has 1 aliphatic rings. The largest absolute Gasteiger partial charge is 0.359 e. The van der Waals surface area contributed by atoms with Crippen LogP contribution < -0.4 is 10.2 Å². The zero-order valence-electron chi connectivity index (χ0n) is 15.3. The fourth-order valence-corrected chi connectivity index (χ4v) is 3.49. The molecule has 5 nitrogen and oxygen atoms in total. The molecule has 5 heteroatoms. The molecule has 1 aliphatic heterocycles. The van der Waals surface area contributed by atoms with Gasteiger partial charge in [0.1, 0.15) is 0 Å². The van der Waals surface area contributed by atoms with Gasteiger partial charge in [-0.3, -0.25) is 9.59 Å². The number of rotatable bonds is 4. The Morgan fingerprint density at radius 2 is 1.77 bits per heavy atom. The molecule has 0 aliphatic carbocycles. The summed E-state index contributed by atoms with van der Waals surface area (Å²) < 4.78 is 0. The Balaban J connectivity index is 1.85. The summed E-state index contributed by atoms with van der Waals surface area (Å²) in [5, 5.41) is 2.70. The number of hydrogen-bond donors (Lipinski definition) is 1. The number of likely N-dealkylation sites (tertiary alicyclic amines) is 1. The van der Waals surface area contributed by atoms with E-state index in [0.717, 1.165) is 24.2 Å². The summed E-state index contributed by atoms with van der Waals surface area (Å²) in [4.78, 5) is 29.0.